The second-order valence-corrected chi connectivity index (χ2v) is 19.3. The molecule has 6 nitrogen and oxygen atoms in total. The van der Waals surface area contributed by atoms with Crippen LogP contribution in [0.25, 0.3) is 0 Å². The first-order chi connectivity index (χ1) is 9.41. The molecule has 0 aromatic heterocycles. The second-order valence-electron chi connectivity index (χ2n) is 3.05. The third-order valence-corrected chi connectivity index (χ3v) is 1.38. The molecule has 0 aromatic carbocycles. The van der Waals surface area contributed by atoms with Crippen molar-refractivity contribution in [2.45, 2.75) is 41.0 Å². The zero-order valence-electron chi connectivity index (χ0n) is 12.2. The fraction of sp³-hybridized carbons (Fsp3) is 0.833. The molecule has 0 aliphatic carbocycles. The van der Waals surface area contributed by atoms with E-state index in [1.165, 1.54) is 0 Å². The number of halogens is 3. The molecule has 0 bridgehead atoms. The minimum absolute atomic E-state index is 0. The van der Waals surface area contributed by atoms with Gasteiger partial charge >= 0.3 is 50.5 Å². The average Bonchev–Trinajstić information content (AvgIpc) is 2.46. The van der Waals surface area contributed by atoms with E-state index in [-0.39, 0.29) is 32.3 Å². The number of hydrogen-bond acceptors (Lipinski definition) is 5. The third-order valence-electron chi connectivity index (χ3n) is 1.38. The molecule has 9 heteroatoms. The summed E-state index contributed by atoms with van der Waals surface area (Å²) in [7, 11) is 0. The van der Waals surface area contributed by atoms with E-state index in [0.29, 0.717) is 39.2 Å². The maximum atomic E-state index is 10.3. The Bertz CT molecular complexity index is 197. The first-order valence-corrected chi connectivity index (χ1v) is 18.5. The number of nitrogens with two attached hydrogens (primary N) is 1. The summed E-state index contributed by atoms with van der Waals surface area (Å²) >= 11 is 5.30. The molecule has 0 spiro atoms. The SMILES string of the molecule is C.CCC(=O)NCCO.CCC(C)=O.I[I-]I.NCCO. The zero-order valence-corrected chi connectivity index (χ0v) is 18.6. The van der Waals surface area contributed by atoms with E-state index in [0.717, 1.165) is 0 Å². The molecule has 134 valence electrons. The van der Waals surface area contributed by atoms with Crippen LogP contribution >= 0.6 is 37.2 Å². The molecule has 0 atom stereocenters. The minimum atomic E-state index is -0.0148. The van der Waals surface area contributed by atoms with Crippen LogP contribution < -0.4 is 24.3 Å². The monoisotopic (exact) mass is 647 g/mol. The number of carbonyl (C=O) groups excluding carboxylic acids is 2. The Hall–Kier alpha value is 1.21. The normalized spacial score (nSPS) is 7.62. The van der Waals surface area contributed by atoms with Gasteiger partial charge in [-0.2, -0.15) is 0 Å². The summed E-state index contributed by atoms with van der Waals surface area (Å²) in [5, 5.41) is 18.4. The van der Waals surface area contributed by atoms with Crippen molar-refractivity contribution in [1.29, 1.82) is 0 Å². The van der Waals surface area contributed by atoms with Gasteiger partial charge < -0.3 is 26.1 Å². The molecule has 0 heterocycles. The standard InChI is InChI=1S/C5H11NO2.C4H8O.C2H7NO.CH4.I3/c1-2-5(8)6-3-4-7;1-3-4(2)5;3-1-2-4;;1-3-2/h7H,2-4H2,1H3,(H,6,8);3H2,1-2H3;4H,1-3H2;1H4;/q;;;;-1. The van der Waals surface area contributed by atoms with Gasteiger partial charge in [0.05, 0.1) is 13.2 Å². The summed E-state index contributed by atoms with van der Waals surface area (Å²) in [4.78, 5) is 20.2. The number of carbonyl (C=O) groups is 2. The summed E-state index contributed by atoms with van der Waals surface area (Å²) in [6.07, 6.45) is 1.15. The number of rotatable bonds is 5. The van der Waals surface area contributed by atoms with Crippen LogP contribution in [0.15, 0.2) is 0 Å². The molecule has 0 saturated heterocycles. The van der Waals surface area contributed by atoms with Crippen LogP contribution in [0.2, 0.25) is 0 Å². The number of amides is 1. The van der Waals surface area contributed by atoms with Gasteiger partial charge in [-0.05, 0) is 6.92 Å². The molecule has 0 aliphatic rings. The molecular formula is C12H30I3N2O4-. The van der Waals surface area contributed by atoms with Gasteiger partial charge in [0.1, 0.15) is 5.78 Å². The van der Waals surface area contributed by atoms with E-state index < -0.39 is 0 Å². The van der Waals surface area contributed by atoms with E-state index in [9.17, 15) is 9.59 Å². The summed E-state index contributed by atoms with van der Waals surface area (Å²) in [6, 6.07) is 0. The molecule has 0 aromatic rings. The number of aliphatic hydroxyl groups excluding tert-OH is 2. The molecule has 0 fully saturated rings. The number of aliphatic hydroxyl groups is 2. The molecule has 0 aliphatic heterocycles. The molecule has 0 rings (SSSR count). The molecule has 0 radical (unpaired) electrons. The molecule has 21 heavy (non-hydrogen) atoms. The van der Waals surface area contributed by atoms with Crippen molar-refractivity contribution in [3.05, 3.63) is 0 Å². The van der Waals surface area contributed by atoms with E-state index >= 15 is 0 Å². The van der Waals surface area contributed by atoms with Gasteiger partial charge in [0.15, 0.2) is 0 Å². The van der Waals surface area contributed by atoms with Gasteiger partial charge in [0.2, 0.25) is 5.91 Å². The van der Waals surface area contributed by atoms with Crippen LogP contribution in [0.1, 0.15) is 41.0 Å². The number of ketones is 1. The molecule has 5 N–H and O–H groups in total. The fourth-order valence-electron chi connectivity index (χ4n) is 0.320. The molecule has 0 unspecified atom stereocenters. The topological polar surface area (TPSA) is 113 Å². The van der Waals surface area contributed by atoms with Crippen molar-refractivity contribution in [2.75, 3.05) is 26.3 Å². The first kappa shape index (κ1) is 33.7. The van der Waals surface area contributed by atoms with Crippen LogP contribution in [0.5, 0.6) is 0 Å². The van der Waals surface area contributed by atoms with Crippen molar-refractivity contribution in [3.8, 4) is 0 Å². The number of hydrogen-bond donors (Lipinski definition) is 4. The van der Waals surface area contributed by atoms with Gasteiger partial charge in [-0.1, -0.05) is 21.3 Å². The van der Waals surface area contributed by atoms with Crippen LogP contribution in [-0.2, 0) is 9.59 Å². The number of Topliss-reactive ketones (excluding diaryl/α,β-unsaturated/α-hetero) is 1. The van der Waals surface area contributed by atoms with Gasteiger partial charge in [-0.25, -0.2) is 0 Å². The van der Waals surface area contributed by atoms with Crippen molar-refractivity contribution in [3.63, 3.8) is 0 Å². The van der Waals surface area contributed by atoms with E-state index in [1.54, 1.807) is 13.8 Å². The summed E-state index contributed by atoms with van der Waals surface area (Å²) < 4.78 is 0. The largest absolute Gasteiger partial charge is 0.395 e. The third kappa shape index (κ3) is 75.1. The molecule has 0 saturated carbocycles. The maximum absolute atomic E-state index is 10.3. The van der Waals surface area contributed by atoms with E-state index in [1.807, 2.05) is 6.92 Å². The zero-order chi connectivity index (χ0) is 16.8. The average molecular weight is 647 g/mol. The smallest absolute Gasteiger partial charge is 0.0553 e. The predicted molar refractivity (Wildman–Crippen MR) is 102 cm³/mol. The summed E-state index contributed by atoms with van der Waals surface area (Å²) in [6.45, 7) is 6.06. The van der Waals surface area contributed by atoms with Crippen molar-refractivity contribution < 1.29 is 33.1 Å². The number of nitrogens with one attached hydrogen (secondary N) is 1. The maximum Gasteiger partial charge on any atom is 0.0553 e. The second kappa shape index (κ2) is 37.4. The van der Waals surface area contributed by atoms with Gasteiger partial charge in [-0.15, -0.1) is 0 Å². The van der Waals surface area contributed by atoms with Crippen LogP contribution in [0.4, 0.5) is 0 Å². The Morgan fingerprint density at radius 3 is 1.62 bits per heavy atom. The molecule has 1 amide bonds. The minimum Gasteiger partial charge on any atom is -0.395 e. The van der Waals surface area contributed by atoms with Crippen molar-refractivity contribution >= 4 is 48.9 Å². The van der Waals surface area contributed by atoms with Gasteiger partial charge in [0.25, 0.3) is 0 Å². The van der Waals surface area contributed by atoms with Gasteiger partial charge in [-0.3, -0.25) is 4.79 Å². The Morgan fingerprint density at radius 2 is 1.48 bits per heavy atom. The summed E-state index contributed by atoms with van der Waals surface area (Å²) in [5.74, 6) is 0.240. The first-order valence-electron chi connectivity index (χ1n) is 5.96. The van der Waals surface area contributed by atoms with Crippen molar-refractivity contribution in [1.82, 2.24) is 5.32 Å². The molecular weight excluding hydrogens is 617 g/mol. The fourth-order valence-corrected chi connectivity index (χ4v) is 0.320. The van der Waals surface area contributed by atoms with Crippen molar-refractivity contribution in [2.24, 2.45) is 5.73 Å². The van der Waals surface area contributed by atoms with E-state index in [4.69, 9.17) is 15.9 Å². The quantitative estimate of drug-likeness (QED) is 0.282. The Morgan fingerprint density at radius 1 is 1.14 bits per heavy atom. The Kier molecular flexibility index (Phi) is 60.2. The van der Waals surface area contributed by atoms with Crippen LogP contribution in [0.3, 0.4) is 0 Å². The summed E-state index contributed by atoms with van der Waals surface area (Å²) in [5.41, 5.74) is 4.78. The van der Waals surface area contributed by atoms with Crippen LogP contribution in [-0.4, -0.2) is 48.2 Å². The Labute approximate surface area is 159 Å². The predicted octanol–water partition coefficient (Wildman–Crippen LogP) is -1.16. The van der Waals surface area contributed by atoms with E-state index in [2.05, 4.69) is 42.5 Å². The Balaban J connectivity index is -0.0000000574. The van der Waals surface area contributed by atoms with Crippen LogP contribution in [0, 0.1) is 0 Å². The van der Waals surface area contributed by atoms with Gasteiger partial charge in [0, 0.05) is 25.9 Å².